The molecule has 0 aromatic heterocycles. The van der Waals surface area contributed by atoms with E-state index in [9.17, 15) is 15.0 Å². The van der Waals surface area contributed by atoms with Crippen molar-refractivity contribution >= 4 is 5.97 Å². The summed E-state index contributed by atoms with van der Waals surface area (Å²) in [7, 11) is 2.58. The fourth-order valence-corrected chi connectivity index (χ4v) is 1.77. The molecule has 9 heteroatoms. The summed E-state index contributed by atoms with van der Waals surface area (Å²) in [5.74, 6) is -1.11. The zero-order valence-electron chi connectivity index (χ0n) is 11.4. The Morgan fingerprint density at radius 2 is 1.86 bits per heavy atom. The number of aliphatic hydroxyl groups is 2. The quantitative estimate of drug-likeness (QED) is 0.390. The summed E-state index contributed by atoms with van der Waals surface area (Å²) in [6, 6.07) is 2.40. The molecule has 2 atom stereocenters. The third kappa shape index (κ3) is 3.76. The van der Waals surface area contributed by atoms with E-state index in [0.717, 1.165) is 0 Å². The van der Waals surface area contributed by atoms with Crippen molar-refractivity contribution in [2.45, 2.75) is 12.2 Å². The molecule has 0 heterocycles. The Morgan fingerprint density at radius 1 is 1.33 bits per heavy atom. The van der Waals surface area contributed by atoms with Gasteiger partial charge in [-0.3, -0.25) is 0 Å². The van der Waals surface area contributed by atoms with Crippen molar-refractivity contribution in [2.24, 2.45) is 5.11 Å². The molecule has 1 rings (SSSR count). The molecular formula is C12H15N3O6. The molecule has 0 aliphatic rings. The van der Waals surface area contributed by atoms with Crippen LogP contribution < -0.4 is 9.47 Å². The molecule has 0 amide bonds. The summed E-state index contributed by atoms with van der Waals surface area (Å²) in [5, 5.41) is 32.1. The van der Waals surface area contributed by atoms with Crippen LogP contribution in [-0.2, 0) is 0 Å². The van der Waals surface area contributed by atoms with Gasteiger partial charge in [0.05, 0.1) is 38.0 Å². The molecule has 0 bridgehead atoms. The summed E-state index contributed by atoms with van der Waals surface area (Å²) in [4.78, 5) is 13.5. The first-order chi connectivity index (χ1) is 9.96. The second-order valence-corrected chi connectivity index (χ2v) is 4.03. The van der Waals surface area contributed by atoms with Gasteiger partial charge in [0.1, 0.15) is 17.6 Å². The topological polar surface area (TPSA) is 145 Å². The van der Waals surface area contributed by atoms with E-state index in [1.807, 2.05) is 0 Å². The number of nitrogens with zero attached hydrogens (tertiary/aromatic N) is 3. The minimum atomic E-state index is -1.47. The lowest BCUT2D eigenvalue weighted by Gasteiger charge is -2.21. The van der Waals surface area contributed by atoms with Crippen molar-refractivity contribution in [2.75, 3.05) is 20.8 Å². The summed E-state index contributed by atoms with van der Waals surface area (Å²) in [5.41, 5.74) is 8.20. The fourth-order valence-electron chi connectivity index (χ4n) is 1.77. The molecule has 3 N–H and O–H groups in total. The Morgan fingerprint density at radius 3 is 2.24 bits per heavy atom. The van der Waals surface area contributed by atoms with Crippen molar-refractivity contribution in [1.82, 2.24) is 0 Å². The van der Waals surface area contributed by atoms with E-state index in [1.165, 1.54) is 26.4 Å². The van der Waals surface area contributed by atoms with Gasteiger partial charge in [0.15, 0.2) is 0 Å². The number of benzene rings is 1. The van der Waals surface area contributed by atoms with Crippen LogP contribution in [0.1, 0.15) is 22.0 Å². The predicted octanol–water partition coefficient (Wildman–Crippen LogP) is 1.11. The molecule has 21 heavy (non-hydrogen) atoms. The Balaban J connectivity index is 3.32. The van der Waals surface area contributed by atoms with Gasteiger partial charge >= 0.3 is 5.97 Å². The Hall–Kier alpha value is -2.48. The smallest absolute Gasteiger partial charge is 0.335 e. The maximum atomic E-state index is 11.0. The summed E-state index contributed by atoms with van der Waals surface area (Å²) < 4.78 is 10.1. The van der Waals surface area contributed by atoms with Crippen LogP contribution in [-0.4, -0.2) is 48.2 Å². The van der Waals surface area contributed by atoms with Crippen LogP contribution in [0.15, 0.2) is 17.2 Å². The van der Waals surface area contributed by atoms with E-state index in [-0.39, 0.29) is 29.2 Å². The number of rotatable bonds is 7. The van der Waals surface area contributed by atoms with Gasteiger partial charge in [-0.15, -0.1) is 0 Å². The second-order valence-electron chi connectivity index (χ2n) is 4.03. The number of carboxylic acid groups (broad SMARTS) is 1. The Kier molecular flexibility index (Phi) is 5.79. The number of aromatic carboxylic acids is 1. The Labute approximate surface area is 120 Å². The number of hydrogen-bond donors (Lipinski definition) is 3. The molecule has 0 radical (unpaired) electrons. The van der Waals surface area contributed by atoms with Gasteiger partial charge in [-0.2, -0.15) is 0 Å². The fraction of sp³-hybridized carbons (Fsp3) is 0.417. The molecule has 1 aromatic carbocycles. The van der Waals surface area contributed by atoms with Crippen LogP contribution in [0.2, 0.25) is 0 Å². The maximum Gasteiger partial charge on any atom is 0.335 e. The molecular weight excluding hydrogens is 282 g/mol. The van der Waals surface area contributed by atoms with Crippen molar-refractivity contribution < 1.29 is 29.6 Å². The standard InChI is InChI=1S/C12H15N3O6/c1-20-8-3-6(12(18)19)4-9(21-2)10(8)11(17)7(16)5-14-15-13/h3-4,7,11,16-17H,5H2,1-2H3,(H,18,19). The SMILES string of the molecule is COc1cc(C(=O)O)cc(OC)c1C(O)C(O)CN=[N+]=[N-]. The highest BCUT2D eigenvalue weighted by Gasteiger charge is 2.27. The highest BCUT2D eigenvalue weighted by Crippen LogP contribution is 2.37. The molecule has 9 nitrogen and oxygen atoms in total. The van der Waals surface area contributed by atoms with E-state index in [0.29, 0.717) is 0 Å². The summed E-state index contributed by atoms with van der Waals surface area (Å²) in [6.45, 7) is -0.356. The first kappa shape index (κ1) is 16.6. The lowest BCUT2D eigenvalue weighted by atomic mass is 9.99. The normalized spacial score (nSPS) is 13.0. The van der Waals surface area contributed by atoms with Gasteiger partial charge < -0.3 is 24.8 Å². The third-order valence-electron chi connectivity index (χ3n) is 2.78. The lowest BCUT2D eigenvalue weighted by Crippen LogP contribution is -2.22. The van der Waals surface area contributed by atoms with Crippen molar-refractivity contribution in [1.29, 1.82) is 0 Å². The van der Waals surface area contributed by atoms with E-state index in [1.54, 1.807) is 0 Å². The first-order valence-corrected chi connectivity index (χ1v) is 5.82. The lowest BCUT2D eigenvalue weighted by molar-refractivity contribution is 0.0215. The first-order valence-electron chi connectivity index (χ1n) is 5.82. The number of aliphatic hydroxyl groups excluding tert-OH is 2. The van der Waals surface area contributed by atoms with Crippen molar-refractivity contribution in [3.63, 3.8) is 0 Å². The largest absolute Gasteiger partial charge is 0.496 e. The van der Waals surface area contributed by atoms with E-state index >= 15 is 0 Å². The third-order valence-corrected chi connectivity index (χ3v) is 2.78. The molecule has 114 valence electrons. The number of ether oxygens (including phenoxy) is 2. The number of methoxy groups -OCH3 is 2. The minimum Gasteiger partial charge on any atom is -0.496 e. The zero-order chi connectivity index (χ0) is 16.0. The number of azide groups is 1. The van der Waals surface area contributed by atoms with Gasteiger partial charge in [-0.1, -0.05) is 5.11 Å². The zero-order valence-corrected chi connectivity index (χ0v) is 11.4. The molecule has 0 fully saturated rings. The van der Waals surface area contributed by atoms with Crippen LogP contribution in [0.25, 0.3) is 10.4 Å². The second kappa shape index (κ2) is 7.34. The van der Waals surface area contributed by atoms with E-state index in [4.69, 9.17) is 20.1 Å². The molecule has 0 spiro atoms. The van der Waals surface area contributed by atoms with E-state index < -0.39 is 18.2 Å². The molecule has 0 saturated heterocycles. The summed E-state index contributed by atoms with van der Waals surface area (Å²) in [6.07, 6.45) is -2.86. The van der Waals surface area contributed by atoms with Gasteiger partial charge in [-0.25, -0.2) is 4.79 Å². The maximum absolute atomic E-state index is 11.0. The molecule has 0 aliphatic carbocycles. The van der Waals surface area contributed by atoms with Crippen LogP contribution in [0, 0.1) is 0 Å². The highest BCUT2D eigenvalue weighted by atomic mass is 16.5. The predicted molar refractivity (Wildman–Crippen MR) is 71.5 cm³/mol. The van der Waals surface area contributed by atoms with Gasteiger partial charge in [0.25, 0.3) is 0 Å². The number of hydrogen-bond acceptors (Lipinski definition) is 6. The monoisotopic (exact) mass is 297 g/mol. The van der Waals surface area contributed by atoms with Crippen molar-refractivity contribution in [3.8, 4) is 11.5 Å². The molecule has 2 unspecified atom stereocenters. The molecule has 1 aromatic rings. The van der Waals surface area contributed by atoms with Gasteiger partial charge in [0.2, 0.25) is 0 Å². The highest BCUT2D eigenvalue weighted by molar-refractivity contribution is 5.89. The van der Waals surface area contributed by atoms with Gasteiger partial charge in [-0.05, 0) is 17.7 Å². The van der Waals surface area contributed by atoms with Crippen LogP contribution in [0.5, 0.6) is 11.5 Å². The average Bonchev–Trinajstić information content (AvgIpc) is 2.50. The van der Waals surface area contributed by atoms with Crippen molar-refractivity contribution in [3.05, 3.63) is 33.7 Å². The Bertz CT molecular complexity index is 545. The average molecular weight is 297 g/mol. The van der Waals surface area contributed by atoms with Gasteiger partial charge in [0, 0.05) is 4.91 Å². The van der Waals surface area contributed by atoms with Crippen LogP contribution >= 0.6 is 0 Å². The molecule has 0 aliphatic heterocycles. The van der Waals surface area contributed by atoms with Crippen LogP contribution in [0.3, 0.4) is 0 Å². The number of carboxylic acids is 1. The number of carbonyl (C=O) groups is 1. The minimum absolute atomic E-state index is 0.0410. The van der Waals surface area contributed by atoms with Crippen LogP contribution in [0.4, 0.5) is 0 Å². The van der Waals surface area contributed by atoms with E-state index in [2.05, 4.69) is 10.0 Å². The summed E-state index contributed by atoms with van der Waals surface area (Å²) >= 11 is 0. The molecule has 0 saturated carbocycles.